The van der Waals surface area contributed by atoms with Gasteiger partial charge in [0.1, 0.15) is 11.7 Å². The predicted molar refractivity (Wildman–Crippen MR) is 227 cm³/mol. The number of carbonyl (C=O) groups excluding carboxylic acids is 2. The number of hydrogen-bond acceptors (Lipinski definition) is 13. The van der Waals surface area contributed by atoms with Gasteiger partial charge in [-0.15, -0.1) is 10.3 Å². The fourth-order valence-electron chi connectivity index (χ4n) is 6.20. The van der Waals surface area contributed by atoms with Crippen LogP contribution >= 0.6 is 10.3 Å². The van der Waals surface area contributed by atoms with Crippen LogP contribution < -0.4 is 28.4 Å². The Labute approximate surface area is 343 Å². The predicted octanol–water partition coefficient (Wildman–Crippen LogP) is 7.65. The molecule has 0 bridgehead atoms. The third-order valence-corrected chi connectivity index (χ3v) is 13.8. The summed E-state index contributed by atoms with van der Waals surface area (Å²) in [6, 6.07) is 6.37. The van der Waals surface area contributed by atoms with Crippen LogP contribution in [0.2, 0.25) is 0 Å². The fourth-order valence-corrected chi connectivity index (χ4v) is 7.08. The molecule has 1 fully saturated rings. The van der Waals surface area contributed by atoms with Gasteiger partial charge in [-0.3, -0.25) is 0 Å². The number of hydrogen-bond donors (Lipinski definition) is 0. The Morgan fingerprint density at radius 3 is 1.67 bits per heavy atom. The minimum Gasteiger partial charge on any atom is -0.493 e. The molecule has 0 aromatic heterocycles. The van der Waals surface area contributed by atoms with Crippen molar-refractivity contribution in [1.82, 2.24) is 9.80 Å². The Morgan fingerprint density at radius 1 is 0.649 bits per heavy atom. The van der Waals surface area contributed by atoms with Gasteiger partial charge < -0.3 is 51.9 Å². The summed E-state index contributed by atoms with van der Waals surface area (Å²) in [4.78, 5) is 31.6. The molecule has 2 aromatic rings. The van der Waals surface area contributed by atoms with Gasteiger partial charge in [-0.2, -0.15) is 0 Å². The van der Waals surface area contributed by atoms with Crippen molar-refractivity contribution in [3.63, 3.8) is 0 Å². The van der Waals surface area contributed by atoms with Gasteiger partial charge in [0.25, 0.3) is 0 Å². The highest BCUT2D eigenvalue weighted by atomic mass is 32.3. The van der Waals surface area contributed by atoms with E-state index in [0.29, 0.717) is 59.3 Å². The summed E-state index contributed by atoms with van der Waals surface area (Å²) in [7, 11) is 6.42. The van der Waals surface area contributed by atoms with Crippen LogP contribution in [0.5, 0.6) is 34.5 Å². The maximum absolute atomic E-state index is 13.7. The zero-order valence-electron chi connectivity index (χ0n) is 36.9. The molecule has 0 radical (unpaired) electrons. The van der Waals surface area contributed by atoms with Crippen LogP contribution in [-0.2, 0) is 13.7 Å². The second-order valence-electron chi connectivity index (χ2n) is 16.5. The molecular weight excluding hydrogens is 753 g/mol. The second kappa shape index (κ2) is 22.0. The van der Waals surface area contributed by atoms with E-state index in [1.54, 1.807) is 24.3 Å². The number of benzene rings is 2. The lowest BCUT2D eigenvalue weighted by Crippen LogP contribution is -2.34. The summed E-state index contributed by atoms with van der Waals surface area (Å²) in [6.07, 6.45) is 7.90. The van der Waals surface area contributed by atoms with Crippen molar-refractivity contribution in [3.8, 4) is 34.5 Å². The zero-order chi connectivity index (χ0) is 42.4. The molecule has 1 heterocycles. The fraction of sp³-hybridized carbons (Fsp3) is 0.674. The molecular formula is C43H70N2O11S. The largest absolute Gasteiger partial charge is 0.493 e. The van der Waals surface area contributed by atoms with Crippen LogP contribution in [0, 0.1) is 0 Å². The van der Waals surface area contributed by atoms with Crippen LogP contribution in [0.4, 0.5) is 0 Å². The van der Waals surface area contributed by atoms with Gasteiger partial charge in [0.15, 0.2) is 23.0 Å². The first-order valence-electron chi connectivity index (χ1n) is 19.8. The maximum atomic E-state index is 13.7. The summed E-state index contributed by atoms with van der Waals surface area (Å²) >= 11 is 0. The molecule has 1 saturated heterocycles. The van der Waals surface area contributed by atoms with E-state index in [2.05, 4.69) is 43.1 Å². The average molecular weight is 823 g/mol. The number of ether oxygens (including phenoxy) is 8. The highest BCUT2D eigenvalue weighted by molar-refractivity contribution is 8.29. The van der Waals surface area contributed by atoms with Crippen molar-refractivity contribution < 1.29 is 51.7 Å². The van der Waals surface area contributed by atoms with Crippen molar-refractivity contribution in [2.45, 2.75) is 90.1 Å². The molecule has 13 nitrogen and oxygen atoms in total. The Hall–Kier alpha value is -3.59. The average Bonchev–Trinajstić information content (AvgIpc) is 3.39. The van der Waals surface area contributed by atoms with E-state index < -0.39 is 34.0 Å². The summed E-state index contributed by atoms with van der Waals surface area (Å²) in [5.74, 6) is 1.21. The first-order valence-corrected chi connectivity index (χ1v) is 22.2. The van der Waals surface area contributed by atoms with E-state index in [9.17, 15) is 9.59 Å². The number of rotatable bonds is 21. The van der Waals surface area contributed by atoms with Gasteiger partial charge in [0, 0.05) is 30.9 Å². The molecule has 3 rings (SSSR count). The minimum atomic E-state index is -1.12. The smallest absolute Gasteiger partial charge is 0.338 e. The van der Waals surface area contributed by atoms with Crippen molar-refractivity contribution in [3.05, 3.63) is 35.4 Å². The Bertz CT molecular complexity index is 1560. The van der Waals surface area contributed by atoms with Crippen LogP contribution in [0.15, 0.2) is 24.3 Å². The summed E-state index contributed by atoms with van der Waals surface area (Å²) in [5.41, 5.74) is -0.0977. The van der Waals surface area contributed by atoms with Gasteiger partial charge in [0.05, 0.1) is 59.9 Å². The van der Waals surface area contributed by atoms with Gasteiger partial charge in [-0.05, 0) is 103 Å². The molecule has 0 spiro atoms. The van der Waals surface area contributed by atoms with Crippen LogP contribution in [0.1, 0.15) is 94.4 Å². The molecule has 57 heavy (non-hydrogen) atoms. The lowest BCUT2D eigenvalue weighted by Gasteiger charge is -2.43. The highest BCUT2D eigenvalue weighted by Gasteiger charge is 2.29. The van der Waals surface area contributed by atoms with E-state index in [4.69, 9.17) is 42.1 Å². The SMILES string of the molecule is COc1cc(C(=O)OC(CCCOc2cc(C(=O)OC(C)(C)C)cc(OC)c2OC)CCN2CCCN(CCCOS(C)(C)C(C)(C)C)CC2)cc(OC)c1OC. The molecule has 0 aliphatic carbocycles. The van der Waals surface area contributed by atoms with Crippen molar-refractivity contribution in [2.75, 3.05) is 101 Å². The Morgan fingerprint density at radius 2 is 1.16 bits per heavy atom. The normalized spacial score (nSPS) is 15.2. The summed E-state index contributed by atoms with van der Waals surface area (Å²) < 4.78 is 52.0. The molecule has 0 saturated carbocycles. The van der Waals surface area contributed by atoms with Gasteiger partial charge >= 0.3 is 11.9 Å². The van der Waals surface area contributed by atoms with E-state index in [-0.39, 0.29) is 16.9 Å². The Balaban J connectivity index is 1.70. The highest BCUT2D eigenvalue weighted by Crippen LogP contribution is 2.53. The molecule has 14 heteroatoms. The number of esters is 2. The van der Waals surface area contributed by atoms with Gasteiger partial charge in [-0.1, -0.05) is 20.8 Å². The molecule has 0 amide bonds. The molecule has 1 aliphatic heterocycles. The van der Waals surface area contributed by atoms with Crippen molar-refractivity contribution in [1.29, 1.82) is 0 Å². The number of methoxy groups -OCH3 is 5. The quantitative estimate of drug-likeness (QED) is 0.0906. The number of carbonyl (C=O) groups is 2. The lowest BCUT2D eigenvalue weighted by molar-refractivity contribution is 0.00681. The van der Waals surface area contributed by atoms with Gasteiger partial charge in [0.2, 0.25) is 11.5 Å². The van der Waals surface area contributed by atoms with E-state index >= 15 is 0 Å². The third-order valence-electron chi connectivity index (χ3n) is 10.1. The van der Waals surface area contributed by atoms with Crippen LogP contribution in [0.3, 0.4) is 0 Å². The first-order chi connectivity index (χ1) is 26.9. The van der Waals surface area contributed by atoms with Crippen molar-refractivity contribution >= 4 is 22.2 Å². The van der Waals surface area contributed by atoms with E-state index in [1.165, 1.54) is 35.5 Å². The molecule has 1 atom stereocenters. The Kier molecular flexibility index (Phi) is 18.4. The topological polar surface area (TPSA) is 124 Å². The summed E-state index contributed by atoms with van der Waals surface area (Å²) in [6.45, 7) is 19.0. The van der Waals surface area contributed by atoms with E-state index in [1.807, 2.05) is 20.8 Å². The molecule has 0 N–H and O–H groups in total. The lowest BCUT2D eigenvalue weighted by atomic mass is 10.1. The van der Waals surface area contributed by atoms with Crippen molar-refractivity contribution in [2.24, 2.45) is 0 Å². The minimum absolute atomic E-state index is 0.153. The molecule has 324 valence electrons. The second-order valence-corrected chi connectivity index (χ2v) is 20.4. The zero-order valence-corrected chi connectivity index (χ0v) is 37.7. The maximum Gasteiger partial charge on any atom is 0.338 e. The number of nitrogens with zero attached hydrogens (tertiary/aromatic N) is 2. The summed E-state index contributed by atoms with van der Waals surface area (Å²) in [5, 5.41) is 0. The molecule has 1 unspecified atom stereocenters. The molecule has 2 aromatic carbocycles. The van der Waals surface area contributed by atoms with Crippen LogP contribution in [0.25, 0.3) is 0 Å². The van der Waals surface area contributed by atoms with Crippen LogP contribution in [-0.4, -0.2) is 139 Å². The van der Waals surface area contributed by atoms with E-state index in [0.717, 1.165) is 58.7 Å². The molecule has 1 aliphatic rings. The monoisotopic (exact) mass is 822 g/mol. The standard InChI is InChI=1S/C43H70N2O11S/c1-42(2,3)56-41(47)32-29-36(50-9)39(52-11)37(30-32)53-25-14-17-33(55-40(46)31-27-34(48-7)38(51-10)35(28-31)49-8)18-22-45-20-15-19-44(23-24-45)21-16-26-54-57(12,13)43(4,5)6/h27-30,33H,14-26H2,1-13H3. The first kappa shape index (κ1) is 47.8. The van der Waals surface area contributed by atoms with Gasteiger partial charge in [-0.25, -0.2) is 9.59 Å². The third kappa shape index (κ3) is 14.6.